The molecule has 140 valence electrons. The summed E-state index contributed by atoms with van der Waals surface area (Å²) in [5.74, 6) is 2.86. The van der Waals surface area contributed by atoms with Crippen molar-refractivity contribution in [3.05, 3.63) is 23.8 Å². The smallest absolute Gasteiger partial charge is 0.221 e. The summed E-state index contributed by atoms with van der Waals surface area (Å²) in [7, 11) is 1.46. The lowest BCUT2D eigenvalue weighted by Crippen LogP contribution is -2.45. The molecular formula is C16H24N2O5S2. The number of benzene rings is 1. The van der Waals surface area contributed by atoms with Crippen LogP contribution in [-0.4, -0.2) is 75.5 Å². The zero-order valence-corrected chi connectivity index (χ0v) is 16.3. The van der Waals surface area contributed by atoms with Crippen molar-refractivity contribution in [2.24, 2.45) is 0 Å². The highest BCUT2D eigenvalue weighted by Gasteiger charge is 2.46. The highest BCUT2D eigenvalue weighted by atomic mass is 32.2. The molecule has 2 fully saturated rings. The monoisotopic (exact) mass is 388 g/mol. The van der Waals surface area contributed by atoms with Gasteiger partial charge in [0.15, 0.2) is 11.5 Å². The van der Waals surface area contributed by atoms with Gasteiger partial charge in [-0.05, 0) is 17.7 Å². The SMILES string of the molecule is COc1ccc(C2C(S(=O)(=O)N3CCSCC3)CON2C)cc1OC. The predicted octanol–water partition coefficient (Wildman–Crippen LogP) is 1.37. The fourth-order valence-electron chi connectivity index (χ4n) is 3.30. The van der Waals surface area contributed by atoms with Crippen LogP contribution in [0.2, 0.25) is 0 Å². The molecule has 2 heterocycles. The molecule has 1 aromatic rings. The van der Waals surface area contributed by atoms with Crippen LogP contribution in [0.1, 0.15) is 11.6 Å². The van der Waals surface area contributed by atoms with Gasteiger partial charge in [0, 0.05) is 31.6 Å². The lowest BCUT2D eigenvalue weighted by atomic mass is 10.0. The van der Waals surface area contributed by atoms with Gasteiger partial charge in [0.2, 0.25) is 10.0 Å². The molecule has 2 unspecified atom stereocenters. The Morgan fingerprint density at radius 3 is 2.48 bits per heavy atom. The van der Waals surface area contributed by atoms with E-state index < -0.39 is 15.3 Å². The van der Waals surface area contributed by atoms with E-state index in [4.69, 9.17) is 14.3 Å². The fraction of sp³-hybridized carbons (Fsp3) is 0.625. The van der Waals surface area contributed by atoms with Gasteiger partial charge in [-0.2, -0.15) is 21.1 Å². The summed E-state index contributed by atoms with van der Waals surface area (Å²) >= 11 is 1.79. The van der Waals surface area contributed by atoms with Crippen molar-refractivity contribution in [1.82, 2.24) is 9.37 Å². The van der Waals surface area contributed by atoms with Gasteiger partial charge in [-0.15, -0.1) is 0 Å². The second-order valence-electron chi connectivity index (χ2n) is 6.00. The molecule has 2 aliphatic rings. The molecule has 25 heavy (non-hydrogen) atoms. The number of ether oxygens (including phenoxy) is 2. The predicted molar refractivity (Wildman–Crippen MR) is 97.6 cm³/mol. The number of methoxy groups -OCH3 is 2. The molecule has 2 aliphatic heterocycles. The Morgan fingerprint density at radius 1 is 1.16 bits per heavy atom. The van der Waals surface area contributed by atoms with Gasteiger partial charge in [-0.1, -0.05) is 6.07 Å². The van der Waals surface area contributed by atoms with Crippen LogP contribution in [0.15, 0.2) is 18.2 Å². The highest BCUT2D eigenvalue weighted by molar-refractivity contribution is 7.99. The molecule has 0 radical (unpaired) electrons. The standard InChI is InChI=1S/C16H24N2O5S2/c1-17-16(12-4-5-13(21-2)14(10-12)22-3)15(11-23-17)25(19,20)18-6-8-24-9-7-18/h4-5,10,15-16H,6-9,11H2,1-3H3. The Morgan fingerprint density at radius 2 is 1.84 bits per heavy atom. The third-order valence-electron chi connectivity index (χ3n) is 4.65. The van der Waals surface area contributed by atoms with E-state index in [1.54, 1.807) is 48.5 Å². The average molecular weight is 389 g/mol. The third kappa shape index (κ3) is 3.61. The molecule has 7 nitrogen and oxygen atoms in total. The number of hydrogen-bond acceptors (Lipinski definition) is 7. The van der Waals surface area contributed by atoms with Gasteiger partial charge in [0.25, 0.3) is 0 Å². The molecule has 0 N–H and O–H groups in total. The second-order valence-corrected chi connectivity index (χ2v) is 9.37. The van der Waals surface area contributed by atoms with E-state index in [2.05, 4.69) is 0 Å². The summed E-state index contributed by atoms with van der Waals surface area (Å²) in [5, 5.41) is 0.987. The molecule has 0 aliphatic carbocycles. The van der Waals surface area contributed by atoms with Crippen molar-refractivity contribution in [2.75, 3.05) is 52.5 Å². The first-order valence-electron chi connectivity index (χ1n) is 8.13. The molecule has 2 saturated heterocycles. The minimum absolute atomic E-state index is 0.154. The fourth-order valence-corrected chi connectivity index (χ4v) is 6.40. The van der Waals surface area contributed by atoms with Crippen LogP contribution >= 0.6 is 11.8 Å². The van der Waals surface area contributed by atoms with Crippen molar-refractivity contribution in [3.63, 3.8) is 0 Å². The van der Waals surface area contributed by atoms with Crippen LogP contribution in [0.5, 0.6) is 11.5 Å². The van der Waals surface area contributed by atoms with Crippen molar-refractivity contribution >= 4 is 21.8 Å². The maximum absolute atomic E-state index is 13.1. The number of thioether (sulfide) groups is 1. The maximum Gasteiger partial charge on any atom is 0.221 e. The summed E-state index contributed by atoms with van der Waals surface area (Å²) in [6.45, 7) is 1.28. The Kier molecular flexibility index (Phi) is 5.79. The van der Waals surface area contributed by atoms with E-state index in [-0.39, 0.29) is 12.6 Å². The van der Waals surface area contributed by atoms with Crippen LogP contribution < -0.4 is 9.47 Å². The maximum atomic E-state index is 13.1. The van der Waals surface area contributed by atoms with E-state index in [9.17, 15) is 8.42 Å². The average Bonchev–Trinajstić information content (AvgIpc) is 3.04. The van der Waals surface area contributed by atoms with Crippen LogP contribution in [0.25, 0.3) is 0 Å². The Hall–Kier alpha value is -1.00. The Balaban J connectivity index is 1.93. The summed E-state index contributed by atoms with van der Waals surface area (Å²) < 4.78 is 38.5. The van der Waals surface area contributed by atoms with Gasteiger partial charge in [0.05, 0.1) is 26.9 Å². The molecule has 9 heteroatoms. The first-order chi connectivity index (χ1) is 12.0. The number of sulfonamides is 1. The zero-order valence-electron chi connectivity index (χ0n) is 14.7. The molecule has 0 aromatic heterocycles. The number of rotatable bonds is 5. The van der Waals surface area contributed by atoms with E-state index in [0.29, 0.717) is 24.6 Å². The molecule has 0 bridgehead atoms. The Labute approximate surface area is 153 Å². The third-order valence-corrected chi connectivity index (χ3v) is 7.83. The van der Waals surface area contributed by atoms with Gasteiger partial charge in [0.1, 0.15) is 5.25 Å². The molecule has 0 amide bonds. The van der Waals surface area contributed by atoms with Crippen molar-refractivity contribution in [3.8, 4) is 11.5 Å². The van der Waals surface area contributed by atoms with Gasteiger partial charge < -0.3 is 9.47 Å². The number of hydrogen-bond donors (Lipinski definition) is 0. The first-order valence-corrected chi connectivity index (χ1v) is 10.8. The van der Waals surface area contributed by atoms with Crippen molar-refractivity contribution < 1.29 is 22.7 Å². The molecular weight excluding hydrogens is 364 g/mol. The van der Waals surface area contributed by atoms with Crippen LogP contribution in [0.3, 0.4) is 0 Å². The molecule has 0 spiro atoms. The molecule has 3 rings (SSSR count). The van der Waals surface area contributed by atoms with E-state index in [1.165, 1.54) is 0 Å². The summed E-state index contributed by atoms with van der Waals surface area (Å²) in [6.07, 6.45) is 0. The van der Waals surface area contributed by atoms with Crippen LogP contribution in [0.4, 0.5) is 0 Å². The quantitative estimate of drug-likeness (QED) is 0.755. The van der Waals surface area contributed by atoms with Crippen LogP contribution in [0, 0.1) is 0 Å². The summed E-state index contributed by atoms with van der Waals surface area (Å²) in [5.41, 5.74) is 0.831. The minimum atomic E-state index is -3.45. The minimum Gasteiger partial charge on any atom is -0.493 e. The lowest BCUT2D eigenvalue weighted by molar-refractivity contribution is -0.110. The Bertz CT molecular complexity index is 706. The van der Waals surface area contributed by atoms with Crippen LogP contribution in [-0.2, 0) is 14.9 Å². The van der Waals surface area contributed by atoms with Gasteiger partial charge >= 0.3 is 0 Å². The van der Waals surface area contributed by atoms with Gasteiger partial charge in [-0.3, -0.25) is 4.84 Å². The summed E-state index contributed by atoms with van der Waals surface area (Å²) in [6, 6.07) is 5.09. The van der Waals surface area contributed by atoms with E-state index >= 15 is 0 Å². The van der Waals surface area contributed by atoms with E-state index in [0.717, 1.165) is 17.1 Å². The molecule has 0 saturated carbocycles. The highest BCUT2D eigenvalue weighted by Crippen LogP contribution is 2.38. The van der Waals surface area contributed by atoms with E-state index in [1.807, 2.05) is 12.1 Å². The normalized spacial score (nSPS) is 25.9. The molecule has 2 atom stereocenters. The largest absolute Gasteiger partial charge is 0.493 e. The molecule has 1 aromatic carbocycles. The second kappa shape index (κ2) is 7.71. The van der Waals surface area contributed by atoms with Crippen molar-refractivity contribution in [2.45, 2.75) is 11.3 Å². The lowest BCUT2D eigenvalue weighted by Gasteiger charge is -2.31. The van der Waals surface area contributed by atoms with Gasteiger partial charge in [-0.25, -0.2) is 8.42 Å². The summed E-state index contributed by atoms with van der Waals surface area (Å²) in [4.78, 5) is 5.59. The number of nitrogens with zero attached hydrogens (tertiary/aromatic N) is 2. The first kappa shape index (κ1) is 18.8. The van der Waals surface area contributed by atoms with Crippen molar-refractivity contribution in [1.29, 1.82) is 0 Å². The zero-order chi connectivity index (χ0) is 18.0. The topological polar surface area (TPSA) is 68.3 Å². The number of hydroxylamine groups is 2.